The number of carbonyl (C=O) groups is 1. The van der Waals surface area contributed by atoms with Gasteiger partial charge < -0.3 is 4.98 Å². The Labute approximate surface area is 194 Å². The van der Waals surface area contributed by atoms with Gasteiger partial charge in [-0.2, -0.15) is 9.61 Å². The highest BCUT2D eigenvalue weighted by Crippen LogP contribution is 2.34. The van der Waals surface area contributed by atoms with E-state index in [0.29, 0.717) is 23.2 Å². The van der Waals surface area contributed by atoms with Gasteiger partial charge in [-0.15, -0.1) is 0 Å². The van der Waals surface area contributed by atoms with Gasteiger partial charge in [-0.05, 0) is 29.3 Å². The first-order valence-corrected chi connectivity index (χ1v) is 10.8. The summed E-state index contributed by atoms with van der Waals surface area (Å²) in [4.78, 5) is 33.5. The molecule has 6 heteroatoms. The van der Waals surface area contributed by atoms with Crippen LogP contribution in [0.2, 0.25) is 0 Å². The van der Waals surface area contributed by atoms with Crippen LogP contribution in [0.15, 0.2) is 102 Å². The molecule has 0 radical (unpaired) electrons. The van der Waals surface area contributed by atoms with E-state index in [4.69, 9.17) is 5.10 Å². The first-order chi connectivity index (χ1) is 16.7. The van der Waals surface area contributed by atoms with Crippen LogP contribution >= 0.6 is 0 Å². The van der Waals surface area contributed by atoms with Crippen molar-refractivity contribution in [2.45, 2.75) is 0 Å². The molecule has 0 saturated heterocycles. The summed E-state index contributed by atoms with van der Waals surface area (Å²) >= 11 is 0. The summed E-state index contributed by atoms with van der Waals surface area (Å²) in [7, 11) is 0. The van der Waals surface area contributed by atoms with Gasteiger partial charge in [0.2, 0.25) is 0 Å². The third kappa shape index (κ3) is 3.12. The Hall–Kier alpha value is -4.84. The second-order valence-corrected chi connectivity index (χ2v) is 7.96. The van der Waals surface area contributed by atoms with Crippen molar-refractivity contribution in [2.75, 3.05) is 0 Å². The molecule has 0 spiro atoms. The zero-order valence-corrected chi connectivity index (χ0v) is 18.0. The molecule has 0 fully saturated rings. The van der Waals surface area contributed by atoms with Gasteiger partial charge in [0.15, 0.2) is 6.29 Å². The van der Waals surface area contributed by atoms with Crippen LogP contribution in [0.5, 0.6) is 0 Å². The second kappa shape index (κ2) is 7.94. The van der Waals surface area contributed by atoms with Gasteiger partial charge in [0.25, 0.3) is 5.56 Å². The lowest BCUT2D eigenvalue weighted by atomic mass is 10.0. The number of pyridine rings is 1. The second-order valence-electron chi connectivity index (χ2n) is 7.96. The van der Waals surface area contributed by atoms with Crippen molar-refractivity contribution in [3.8, 4) is 33.5 Å². The number of hydrogen-bond donors (Lipinski definition) is 1. The van der Waals surface area contributed by atoms with E-state index in [9.17, 15) is 9.59 Å². The normalized spacial score (nSPS) is 11.2. The molecule has 3 heterocycles. The fourth-order valence-corrected chi connectivity index (χ4v) is 4.37. The Balaban J connectivity index is 1.69. The molecule has 3 aromatic carbocycles. The minimum absolute atomic E-state index is 0.206. The van der Waals surface area contributed by atoms with Crippen LogP contribution < -0.4 is 5.56 Å². The molecule has 3 aromatic heterocycles. The smallest absolute Gasteiger partial charge is 0.282 e. The fraction of sp³-hybridized carbons (Fsp3) is 0. The molecule has 162 valence electrons. The van der Waals surface area contributed by atoms with E-state index >= 15 is 0 Å². The predicted octanol–water partition coefficient (Wildman–Crippen LogP) is 5.38. The topological polar surface area (TPSA) is 80.1 Å². The number of nitrogens with one attached hydrogen (secondary N) is 1. The number of aldehydes is 1. The summed E-state index contributed by atoms with van der Waals surface area (Å²) in [6.45, 7) is 0. The number of aromatic amines is 1. The summed E-state index contributed by atoms with van der Waals surface area (Å²) in [5, 5.41) is 5.61. The lowest BCUT2D eigenvalue weighted by molar-refractivity contribution is 0.111. The largest absolute Gasteiger partial charge is 0.336 e. The molecule has 0 unspecified atom stereocenters. The highest BCUT2D eigenvalue weighted by atomic mass is 16.1. The molecule has 0 saturated carbocycles. The van der Waals surface area contributed by atoms with Crippen molar-refractivity contribution in [3.05, 3.63) is 113 Å². The molecule has 6 aromatic rings. The van der Waals surface area contributed by atoms with Gasteiger partial charge in [-0.3, -0.25) is 14.6 Å². The maximum Gasteiger partial charge on any atom is 0.282 e. The number of hydrogen-bond acceptors (Lipinski definition) is 4. The van der Waals surface area contributed by atoms with Crippen molar-refractivity contribution in [1.82, 2.24) is 19.6 Å². The quantitative estimate of drug-likeness (QED) is 0.372. The predicted molar refractivity (Wildman–Crippen MR) is 133 cm³/mol. The number of fused-ring (bicyclic) bond motifs is 2. The van der Waals surface area contributed by atoms with Crippen LogP contribution in [0.1, 0.15) is 10.5 Å². The van der Waals surface area contributed by atoms with E-state index in [2.05, 4.69) is 9.97 Å². The Bertz CT molecular complexity index is 1740. The molecule has 6 nitrogen and oxygen atoms in total. The van der Waals surface area contributed by atoms with Crippen molar-refractivity contribution < 1.29 is 4.79 Å². The highest BCUT2D eigenvalue weighted by molar-refractivity contribution is 5.94. The summed E-state index contributed by atoms with van der Waals surface area (Å²) in [6.07, 6.45) is 2.41. The number of carbonyl (C=O) groups excluding carboxylic acids is 1. The monoisotopic (exact) mass is 442 g/mol. The zero-order valence-electron chi connectivity index (χ0n) is 18.0. The molecule has 0 amide bonds. The SMILES string of the molecule is O=Cc1[nH]c2c(-c3ccccc3)c(-c3ccccc3)nn2c(=O)c1-c1ccc2ncccc2c1. The van der Waals surface area contributed by atoms with Gasteiger partial charge in [0, 0.05) is 17.1 Å². The standard InChI is InChI=1S/C28H18N4O2/c33-17-23-24(21-13-14-22-20(16-21)12-7-15-29-22)28(34)32-27(30-23)25(18-8-3-1-4-9-18)26(31-32)19-10-5-2-6-11-19/h1-17,30H. The molecular formula is C28H18N4O2. The molecule has 0 aliphatic rings. The van der Waals surface area contributed by atoms with Crippen LogP contribution in [0, 0.1) is 0 Å². The van der Waals surface area contributed by atoms with Crippen molar-refractivity contribution in [2.24, 2.45) is 0 Å². The minimum atomic E-state index is -0.363. The van der Waals surface area contributed by atoms with Crippen LogP contribution in [0.4, 0.5) is 0 Å². The maximum absolute atomic E-state index is 13.8. The van der Waals surface area contributed by atoms with Gasteiger partial charge in [0.05, 0.1) is 22.3 Å². The molecule has 0 atom stereocenters. The zero-order chi connectivity index (χ0) is 23.1. The average molecular weight is 442 g/mol. The van der Waals surface area contributed by atoms with Crippen LogP contribution in [-0.4, -0.2) is 25.9 Å². The van der Waals surface area contributed by atoms with E-state index < -0.39 is 0 Å². The Kier molecular flexibility index (Phi) is 4.63. The highest BCUT2D eigenvalue weighted by Gasteiger charge is 2.22. The Morgan fingerprint density at radius 3 is 2.24 bits per heavy atom. The van der Waals surface area contributed by atoms with Crippen molar-refractivity contribution >= 4 is 22.8 Å². The Morgan fingerprint density at radius 1 is 0.765 bits per heavy atom. The molecule has 0 bridgehead atoms. The maximum atomic E-state index is 13.8. The minimum Gasteiger partial charge on any atom is -0.336 e. The molecule has 34 heavy (non-hydrogen) atoms. The van der Waals surface area contributed by atoms with Crippen molar-refractivity contribution in [3.63, 3.8) is 0 Å². The number of aromatic nitrogens is 4. The lowest BCUT2D eigenvalue weighted by Gasteiger charge is -2.08. The van der Waals surface area contributed by atoms with Gasteiger partial charge >= 0.3 is 0 Å². The number of nitrogens with zero attached hydrogens (tertiary/aromatic N) is 3. The Morgan fingerprint density at radius 2 is 1.50 bits per heavy atom. The fourth-order valence-electron chi connectivity index (χ4n) is 4.37. The molecule has 1 N–H and O–H groups in total. The third-order valence-electron chi connectivity index (χ3n) is 5.93. The van der Waals surface area contributed by atoms with Crippen LogP contribution in [0.3, 0.4) is 0 Å². The van der Waals surface area contributed by atoms with Gasteiger partial charge in [-0.25, -0.2) is 0 Å². The van der Waals surface area contributed by atoms with E-state index in [1.807, 2.05) is 84.9 Å². The van der Waals surface area contributed by atoms with Crippen molar-refractivity contribution in [1.29, 1.82) is 0 Å². The van der Waals surface area contributed by atoms with E-state index in [1.165, 1.54) is 4.52 Å². The molecule has 0 aliphatic carbocycles. The summed E-state index contributed by atoms with van der Waals surface area (Å²) in [5.74, 6) is 0. The van der Waals surface area contributed by atoms with Crippen LogP contribution in [0.25, 0.3) is 50.1 Å². The number of rotatable bonds is 4. The average Bonchev–Trinajstić information content (AvgIpc) is 3.29. The van der Waals surface area contributed by atoms with Crippen LogP contribution in [-0.2, 0) is 0 Å². The molecule has 0 aliphatic heterocycles. The summed E-state index contributed by atoms with van der Waals surface area (Å²) in [6, 6.07) is 28.7. The summed E-state index contributed by atoms with van der Waals surface area (Å²) < 4.78 is 1.36. The lowest BCUT2D eigenvalue weighted by Crippen LogP contribution is -2.20. The number of H-pyrrole nitrogens is 1. The van der Waals surface area contributed by atoms with E-state index in [0.717, 1.165) is 27.6 Å². The summed E-state index contributed by atoms with van der Waals surface area (Å²) in [5.41, 5.74) is 5.24. The molecular weight excluding hydrogens is 424 g/mol. The number of benzene rings is 3. The van der Waals surface area contributed by atoms with Gasteiger partial charge in [-0.1, -0.05) is 72.8 Å². The third-order valence-corrected chi connectivity index (χ3v) is 5.93. The van der Waals surface area contributed by atoms with E-state index in [1.54, 1.807) is 12.3 Å². The van der Waals surface area contributed by atoms with E-state index in [-0.39, 0.29) is 16.8 Å². The first-order valence-electron chi connectivity index (χ1n) is 10.8. The van der Waals surface area contributed by atoms with Gasteiger partial charge in [0.1, 0.15) is 11.3 Å². The first kappa shape index (κ1) is 19.8. The molecule has 6 rings (SSSR count).